The van der Waals surface area contributed by atoms with Gasteiger partial charge in [0, 0.05) is 36.6 Å². The van der Waals surface area contributed by atoms with Crippen molar-refractivity contribution in [3.05, 3.63) is 58.1 Å². The Balaban J connectivity index is 2.21. The molecule has 0 aliphatic heterocycles. The molecule has 192 valence electrons. The van der Waals surface area contributed by atoms with Crippen LogP contribution in [-0.4, -0.2) is 57.6 Å². The summed E-state index contributed by atoms with van der Waals surface area (Å²) in [7, 11) is -2.14. The predicted octanol–water partition coefficient (Wildman–Crippen LogP) is 4.10. The quantitative estimate of drug-likeness (QED) is 0.434. The first-order chi connectivity index (χ1) is 16.5. The Labute approximate surface area is 217 Å². The number of nitrogens with zero attached hydrogens (tertiary/aromatic N) is 2. The van der Waals surface area contributed by atoms with E-state index in [1.807, 2.05) is 6.92 Å². The Hall–Kier alpha value is -2.49. The maximum Gasteiger partial charge on any atom is 0.242 e. The lowest BCUT2D eigenvalue weighted by atomic mass is 10.1. The number of carbonyl (C=O) groups is 2. The summed E-state index contributed by atoms with van der Waals surface area (Å²) in [6.45, 7) is 3.99. The van der Waals surface area contributed by atoms with E-state index < -0.39 is 16.1 Å². The fraction of sp³-hybridized carbons (Fsp3) is 0.417. The van der Waals surface area contributed by atoms with E-state index in [1.54, 1.807) is 49.4 Å². The van der Waals surface area contributed by atoms with Gasteiger partial charge < -0.3 is 15.0 Å². The third-order valence-corrected chi connectivity index (χ3v) is 7.12. The number of carbonyl (C=O) groups excluding carboxylic acids is 2. The van der Waals surface area contributed by atoms with Crippen LogP contribution in [0, 0.1) is 0 Å². The van der Waals surface area contributed by atoms with Crippen LogP contribution in [0.3, 0.4) is 0 Å². The number of hydrogen-bond acceptors (Lipinski definition) is 5. The average Bonchev–Trinajstić information content (AvgIpc) is 2.80. The summed E-state index contributed by atoms with van der Waals surface area (Å²) in [4.78, 5) is 27.0. The van der Waals surface area contributed by atoms with Gasteiger partial charge in [0.25, 0.3) is 0 Å². The van der Waals surface area contributed by atoms with Crippen molar-refractivity contribution in [2.24, 2.45) is 0 Å². The number of benzene rings is 2. The predicted molar refractivity (Wildman–Crippen MR) is 140 cm³/mol. The van der Waals surface area contributed by atoms with E-state index in [-0.39, 0.29) is 37.7 Å². The van der Waals surface area contributed by atoms with Gasteiger partial charge in [-0.05, 0) is 50.1 Å². The molecule has 8 nitrogen and oxygen atoms in total. The minimum atomic E-state index is -3.63. The number of likely N-dealkylation sites (N-methyl/N-ethyl adjacent to an activating group) is 1. The lowest BCUT2D eigenvalue weighted by molar-refractivity contribution is -0.140. The van der Waals surface area contributed by atoms with Gasteiger partial charge in [0.15, 0.2) is 0 Å². The Morgan fingerprint density at radius 3 is 2.43 bits per heavy atom. The summed E-state index contributed by atoms with van der Waals surface area (Å²) in [5.41, 5.74) is 1.05. The van der Waals surface area contributed by atoms with Gasteiger partial charge in [0.1, 0.15) is 11.8 Å². The van der Waals surface area contributed by atoms with E-state index in [0.29, 0.717) is 33.7 Å². The Bertz CT molecular complexity index is 1140. The average molecular weight is 545 g/mol. The molecule has 2 amide bonds. The van der Waals surface area contributed by atoms with Gasteiger partial charge in [-0.3, -0.25) is 13.9 Å². The van der Waals surface area contributed by atoms with Crippen LogP contribution in [0.5, 0.6) is 5.75 Å². The summed E-state index contributed by atoms with van der Waals surface area (Å²) in [5, 5.41) is 3.40. The summed E-state index contributed by atoms with van der Waals surface area (Å²) >= 11 is 12.3. The van der Waals surface area contributed by atoms with E-state index in [9.17, 15) is 18.0 Å². The number of ether oxygens (including phenoxy) is 1. The fourth-order valence-electron chi connectivity index (χ4n) is 3.55. The van der Waals surface area contributed by atoms with Crippen LogP contribution >= 0.6 is 23.2 Å². The monoisotopic (exact) mass is 543 g/mol. The van der Waals surface area contributed by atoms with E-state index >= 15 is 0 Å². The highest BCUT2D eigenvalue weighted by atomic mass is 35.5. The summed E-state index contributed by atoms with van der Waals surface area (Å²) in [6, 6.07) is 11.0. The third-order valence-electron chi connectivity index (χ3n) is 5.36. The van der Waals surface area contributed by atoms with Crippen LogP contribution in [0.4, 0.5) is 5.69 Å². The minimum Gasteiger partial charge on any atom is -0.492 e. The Kier molecular flexibility index (Phi) is 10.7. The van der Waals surface area contributed by atoms with Gasteiger partial charge in [0.2, 0.25) is 21.8 Å². The number of para-hydroxylation sites is 2. The molecular formula is C24H31Cl2N3O5S. The van der Waals surface area contributed by atoms with Crippen molar-refractivity contribution in [3.8, 4) is 5.75 Å². The van der Waals surface area contributed by atoms with Crippen LogP contribution in [-0.2, 0) is 26.2 Å². The van der Waals surface area contributed by atoms with Crippen molar-refractivity contribution in [2.45, 2.75) is 39.3 Å². The van der Waals surface area contributed by atoms with Gasteiger partial charge in [0.05, 0.1) is 18.6 Å². The molecule has 0 unspecified atom stereocenters. The maximum atomic E-state index is 13.2. The normalized spacial score (nSPS) is 12.1. The zero-order valence-electron chi connectivity index (χ0n) is 20.3. The molecule has 35 heavy (non-hydrogen) atoms. The number of hydrogen-bond donors (Lipinski definition) is 1. The van der Waals surface area contributed by atoms with Gasteiger partial charge in [-0.15, -0.1) is 0 Å². The second kappa shape index (κ2) is 13.0. The molecule has 0 aliphatic carbocycles. The second-order valence-corrected chi connectivity index (χ2v) is 10.6. The molecular weight excluding hydrogens is 513 g/mol. The molecule has 0 saturated heterocycles. The molecule has 0 aliphatic rings. The molecule has 0 spiro atoms. The standard InChI is InChI=1S/C24H31Cl2N3O5S/c1-5-34-22-10-7-6-9-21(22)29(35(4,32)33)14-8-11-23(30)28(17(2)24(31)27-3)16-18-12-13-19(25)15-20(18)26/h6-7,9-10,12-13,15,17H,5,8,11,14,16H2,1-4H3,(H,27,31)/t17-/m1/s1. The van der Waals surface area contributed by atoms with Crippen molar-refractivity contribution in [2.75, 3.05) is 30.8 Å². The molecule has 2 aromatic carbocycles. The Morgan fingerprint density at radius 1 is 1.14 bits per heavy atom. The number of rotatable bonds is 12. The van der Waals surface area contributed by atoms with Crippen LogP contribution in [0.2, 0.25) is 10.0 Å². The number of sulfonamides is 1. The fourth-order valence-corrected chi connectivity index (χ4v) is 4.99. The van der Waals surface area contributed by atoms with Crippen LogP contribution in [0.15, 0.2) is 42.5 Å². The first-order valence-electron chi connectivity index (χ1n) is 11.1. The molecule has 2 aromatic rings. The van der Waals surface area contributed by atoms with Crippen LogP contribution in [0.25, 0.3) is 0 Å². The summed E-state index contributed by atoms with van der Waals surface area (Å²) in [5.74, 6) is -0.190. The molecule has 1 atom stereocenters. The molecule has 2 rings (SSSR count). The first-order valence-corrected chi connectivity index (χ1v) is 13.7. The number of amides is 2. The third kappa shape index (κ3) is 8.02. The number of nitrogens with one attached hydrogen (secondary N) is 1. The van der Waals surface area contributed by atoms with Crippen molar-refractivity contribution in [1.82, 2.24) is 10.2 Å². The molecule has 0 radical (unpaired) electrons. The second-order valence-electron chi connectivity index (χ2n) is 7.89. The van der Waals surface area contributed by atoms with Gasteiger partial charge >= 0.3 is 0 Å². The molecule has 0 bridgehead atoms. The van der Waals surface area contributed by atoms with Gasteiger partial charge in [-0.1, -0.05) is 41.4 Å². The maximum absolute atomic E-state index is 13.2. The van der Waals surface area contributed by atoms with E-state index in [0.717, 1.165) is 6.26 Å². The zero-order chi connectivity index (χ0) is 26.2. The van der Waals surface area contributed by atoms with E-state index in [2.05, 4.69) is 5.32 Å². The van der Waals surface area contributed by atoms with Gasteiger partial charge in [-0.2, -0.15) is 0 Å². The first kappa shape index (κ1) is 28.7. The topological polar surface area (TPSA) is 96.0 Å². The molecule has 11 heteroatoms. The van der Waals surface area contributed by atoms with Crippen molar-refractivity contribution >= 4 is 50.7 Å². The smallest absolute Gasteiger partial charge is 0.242 e. The lowest BCUT2D eigenvalue weighted by Crippen LogP contribution is -2.46. The van der Waals surface area contributed by atoms with Crippen LogP contribution < -0.4 is 14.4 Å². The SMILES string of the molecule is CCOc1ccccc1N(CCCC(=O)N(Cc1ccc(Cl)cc1Cl)[C@H](C)C(=O)NC)S(C)(=O)=O. The largest absolute Gasteiger partial charge is 0.492 e. The van der Waals surface area contributed by atoms with Crippen LogP contribution in [0.1, 0.15) is 32.3 Å². The highest BCUT2D eigenvalue weighted by molar-refractivity contribution is 7.92. The highest BCUT2D eigenvalue weighted by Crippen LogP contribution is 2.30. The molecule has 0 fully saturated rings. The van der Waals surface area contributed by atoms with E-state index in [1.165, 1.54) is 16.3 Å². The Morgan fingerprint density at radius 2 is 1.83 bits per heavy atom. The van der Waals surface area contributed by atoms with Crippen molar-refractivity contribution in [1.29, 1.82) is 0 Å². The molecule has 0 aromatic heterocycles. The molecule has 1 N–H and O–H groups in total. The molecule has 0 heterocycles. The summed E-state index contributed by atoms with van der Waals surface area (Å²) in [6.07, 6.45) is 1.37. The lowest BCUT2D eigenvalue weighted by Gasteiger charge is -2.29. The highest BCUT2D eigenvalue weighted by Gasteiger charge is 2.27. The molecule has 0 saturated carbocycles. The summed E-state index contributed by atoms with van der Waals surface area (Å²) < 4.78 is 31.9. The number of halogens is 2. The zero-order valence-corrected chi connectivity index (χ0v) is 22.6. The number of anilines is 1. The van der Waals surface area contributed by atoms with Crippen molar-refractivity contribution in [3.63, 3.8) is 0 Å². The van der Waals surface area contributed by atoms with Gasteiger partial charge in [-0.25, -0.2) is 8.42 Å². The van der Waals surface area contributed by atoms with E-state index in [4.69, 9.17) is 27.9 Å². The minimum absolute atomic E-state index is 0.0232. The van der Waals surface area contributed by atoms with Crippen molar-refractivity contribution < 1.29 is 22.7 Å².